The van der Waals surface area contributed by atoms with Crippen LogP contribution in [0.4, 0.5) is 11.4 Å². The van der Waals surface area contributed by atoms with Crippen LogP contribution in [0.5, 0.6) is 11.5 Å². The van der Waals surface area contributed by atoms with Crippen LogP contribution in [0, 0.1) is 17.0 Å². The molecular formula is C18H15N3O5S. The molecule has 3 rings (SSSR count). The van der Waals surface area contributed by atoms with Gasteiger partial charge >= 0.3 is 0 Å². The van der Waals surface area contributed by atoms with Gasteiger partial charge in [0.25, 0.3) is 11.6 Å². The van der Waals surface area contributed by atoms with Gasteiger partial charge in [-0.2, -0.15) is 0 Å². The van der Waals surface area contributed by atoms with E-state index in [1.54, 1.807) is 0 Å². The number of carbonyl (C=O) groups excluding carboxylic acids is 1. The number of aromatic hydroxyl groups is 1. The summed E-state index contributed by atoms with van der Waals surface area (Å²) < 4.78 is 4.96. The number of hydrogen-bond donors (Lipinski definition) is 2. The Hall–Kier alpha value is -3.33. The minimum atomic E-state index is -0.601. The summed E-state index contributed by atoms with van der Waals surface area (Å²) >= 11 is 1.08. The zero-order valence-corrected chi connectivity index (χ0v) is 15.2. The number of methoxy groups -OCH3 is 1. The zero-order valence-electron chi connectivity index (χ0n) is 14.4. The molecule has 0 aromatic heterocycles. The summed E-state index contributed by atoms with van der Waals surface area (Å²) in [6, 6.07) is 9.76. The first-order valence-electron chi connectivity index (χ1n) is 7.79. The average molecular weight is 385 g/mol. The first-order valence-corrected chi connectivity index (χ1v) is 8.60. The second-order valence-electron chi connectivity index (χ2n) is 5.66. The second-order valence-corrected chi connectivity index (χ2v) is 6.69. The summed E-state index contributed by atoms with van der Waals surface area (Å²) in [5.41, 5.74) is 1.63. The Bertz CT molecular complexity index is 983. The van der Waals surface area contributed by atoms with Crippen molar-refractivity contribution in [1.82, 2.24) is 5.32 Å². The standard InChI is InChI=1S/C18H15N3O5S/c1-10-3-5-12(6-4-10)19-18-20-17(23)15(27-18)8-11-7-13(21(24)25)9-14(26-2)16(11)22/h3-9,22H,1-2H3,(H,19,20,23)/b15-8+. The van der Waals surface area contributed by atoms with Crippen LogP contribution >= 0.6 is 11.8 Å². The van der Waals surface area contributed by atoms with Gasteiger partial charge in [-0.05, 0) is 36.9 Å². The molecule has 138 valence electrons. The van der Waals surface area contributed by atoms with E-state index in [9.17, 15) is 20.0 Å². The molecule has 0 spiro atoms. The molecule has 1 aliphatic rings. The topological polar surface area (TPSA) is 114 Å². The smallest absolute Gasteiger partial charge is 0.274 e. The number of non-ortho nitro benzene ring substituents is 1. The summed E-state index contributed by atoms with van der Waals surface area (Å²) in [6.45, 7) is 1.96. The highest BCUT2D eigenvalue weighted by atomic mass is 32.2. The van der Waals surface area contributed by atoms with Crippen LogP contribution in [-0.4, -0.2) is 28.2 Å². The first-order chi connectivity index (χ1) is 12.9. The van der Waals surface area contributed by atoms with E-state index in [1.165, 1.54) is 19.3 Å². The number of rotatable bonds is 4. The number of hydrogen-bond acceptors (Lipinski definition) is 7. The van der Waals surface area contributed by atoms with E-state index in [1.807, 2.05) is 31.2 Å². The van der Waals surface area contributed by atoms with Gasteiger partial charge in [-0.25, -0.2) is 4.99 Å². The number of nitro benzene ring substituents is 1. The number of benzene rings is 2. The lowest BCUT2D eigenvalue weighted by molar-refractivity contribution is -0.385. The Balaban J connectivity index is 1.94. The third kappa shape index (κ3) is 4.09. The Kier molecular flexibility index (Phi) is 5.13. The first kappa shape index (κ1) is 18.5. The van der Waals surface area contributed by atoms with Crippen molar-refractivity contribution in [3.8, 4) is 11.5 Å². The van der Waals surface area contributed by atoms with Gasteiger partial charge in [-0.3, -0.25) is 14.9 Å². The summed E-state index contributed by atoms with van der Waals surface area (Å²) in [4.78, 5) is 27.3. The monoisotopic (exact) mass is 385 g/mol. The molecule has 1 saturated heterocycles. The molecule has 2 N–H and O–H groups in total. The number of nitrogens with zero attached hydrogens (tertiary/aromatic N) is 2. The summed E-state index contributed by atoms with van der Waals surface area (Å²) in [6.07, 6.45) is 1.36. The van der Waals surface area contributed by atoms with Crippen molar-refractivity contribution in [2.24, 2.45) is 4.99 Å². The van der Waals surface area contributed by atoms with Crippen molar-refractivity contribution < 1.29 is 19.6 Å². The molecule has 1 heterocycles. The van der Waals surface area contributed by atoms with Crippen molar-refractivity contribution in [2.45, 2.75) is 6.92 Å². The number of aliphatic imine (C=N–C) groups is 1. The van der Waals surface area contributed by atoms with Gasteiger partial charge in [0.15, 0.2) is 16.7 Å². The quantitative estimate of drug-likeness (QED) is 0.473. The van der Waals surface area contributed by atoms with E-state index in [2.05, 4.69) is 10.3 Å². The van der Waals surface area contributed by atoms with E-state index in [0.717, 1.165) is 23.4 Å². The van der Waals surface area contributed by atoms with Crippen molar-refractivity contribution in [2.75, 3.05) is 7.11 Å². The SMILES string of the molecule is COc1cc([N+](=O)[O-])cc(/C=C2/SC(=Nc3ccc(C)cc3)NC2=O)c1O. The Morgan fingerprint density at radius 3 is 2.63 bits per heavy atom. The highest BCUT2D eigenvalue weighted by Gasteiger charge is 2.25. The maximum Gasteiger partial charge on any atom is 0.274 e. The summed E-state index contributed by atoms with van der Waals surface area (Å²) in [5, 5.41) is 24.3. The van der Waals surface area contributed by atoms with Gasteiger partial charge < -0.3 is 15.2 Å². The predicted octanol–water partition coefficient (Wildman–Crippen LogP) is 3.51. The molecule has 0 atom stereocenters. The van der Waals surface area contributed by atoms with E-state index in [-0.39, 0.29) is 27.7 Å². The van der Waals surface area contributed by atoms with Gasteiger partial charge in [-0.1, -0.05) is 17.7 Å². The highest BCUT2D eigenvalue weighted by molar-refractivity contribution is 8.18. The van der Waals surface area contributed by atoms with Crippen molar-refractivity contribution in [3.63, 3.8) is 0 Å². The van der Waals surface area contributed by atoms with Crippen LogP contribution in [0.3, 0.4) is 0 Å². The number of amidine groups is 1. The van der Waals surface area contributed by atoms with E-state index in [0.29, 0.717) is 10.9 Å². The lowest BCUT2D eigenvalue weighted by Gasteiger charge is -2.06. The molecule has 0 saturated carbocycles. The van der Waals surface area contributed by atoms with Crippen molar-refractivity contribution >= 4 is 40.3 Å². The number of aryl methyl sites for hydroxylation is 1. The minimum absolute atomic E-state index is 0.0481. The molecule has 1 aliphatic heterocycles. The fraction of sp³-hybridized carbons (Fsp3) is 0.111. The molecule has 2 aromatic rings. The zero-order chi connectivity index (χ0) is 19.6. The van der Waals surface area contributed by atoms with E-state index < -0.39 is 10.8 Å². The lowest BCUT2D eigenvalue weighted by atomic mass is 10.1. The Morgan fingerprint density at radius 2 is 2.00 bits per heavy atom. The molecule has 27 heavy (non-hydrogen) atoms. The Labute approximate surface area is 158 Å². The maximum atomic E-state index is 12.2. The van der Waals surface area contributed by atoms with Crippen LogP contribution < -0.4 is 10.1 Å². The van der Waals surface area contributed by atoms with Gasteiger partial charge in [0.05, 0.1) is 28.7 Å². The van der Waals surface area contributed by atoms with Crippen LogP contribution in [0.15, 0.2) is 46.3 Å². The Morgan fingerprint density at radius 1 is 1.30 bits per heavy atom. The largest absolute Gasteiger partial charge is 0.504 e. The van der Waals surface area contributed by atoms with Gasteiger partial charge in [0.1, 0.15) is 0 Å². The molecule has 2 aromatic carbocycles. The van der Waals surface area contributed by atoms with Gasteiger partial charge in [0.2, 0.25) is 0 Å². The van der Waals surface area contributed by atoms with Gasteiger partial charge in [0, 0.05) is 11.6 Å². The second kappa shape index (κ2) is 7.50. The molecule has 0 unspecified atom stereocenters. The van der Waals surface area contributed by atoms with Crippen LogP contribution in [-0.2, 0) is 4.79 Å². The number of phenols is 1. The number of nitro groups is 1. The van der Waals surface area contributed by atoms with Crippen LogP contribution in [0.1, 0.15) is 11.1 Å². The summed E-state index contributed by atoms with van der Waals surface area (Å²) in [7, 11) is 1.29. The third-order valence-electron chi connectivity index (χ3n) is 3.72. The normalized spacial score (nSPS) is 16.6. The fourth-order valence-electron chi connectivity index (χ4n) is 2.34. The molecule has 9 heteroatoms. The lowest BCUT2D eigenvalue weighted by Crippen LogP contribution is -2.19. The van der Waals surface area contributed by atoms with Crippen molar-refractivity contribution in [3.05, 3.63) is 62.5 Å². The van der Waals surface area contributed by atoms with Crippen LogP contribution in [0.25, 0.3) is 6.08 Å². The number of carbonyl (C=O) groups is 1. The number of thioether (sulfide) groups is 1. The number of phenolic OH excluding ortho intramolecular Hbond substituents is 1. The predicted molar refractivity (Wildman–Crippen MR) is 103 cm³/mol. The molecule has 0 aliphatic carbocycles. The number of amides is 1. The molecule has 1 amide bonds. The number of ether oxygens (including phenoxy) is 1. The highest BCUT2D eigenvalue weighted by Crippen LogP contribution is 2.37. The molecular weight excluding hydrogens is 370 g/mol. The maximum absolute atomic E-state index is 12.2. The fourth-order valence-corrected chi connectivity index (χ4v) is 3.18. The summed E-state index contributed by atoms with van der Waals surface area (Å²) in [5.74, 6) is -0.739. The molecule has 8 nitrogen and oxygen atoms in total. The molecule has 1 fully saturated rings. The molecule has 0 radical (unpaired) electrons. The van der Waals surface area contributed by atoms with Crippen LogP contribution in [0.2, 0.25) is 0 Å². The molecule has 0 bridgehead atoms. The van der Waals surface area contributed by atoms with Crippen molar-refractivity contribution in [1.29, 1.82) is 0 Å². The minimum Gasteiger partial charge on any atom is -0.504 e. The van der Waals surface area contributed by atoms with Gasteiger partial charge in [-0.15, -0.1) is 0 Å². The number of nitrogens with one attached hydrogen (secondary N) is 1. The third-order valence-corrected chi connectivity index (χ3v) is 4.63. The van der Waals surface area contributed by atoms with E-state index in [4.69, 9.17) is 4.74 Å². The average Bonchev–Trinajstić information content (AvgIpc) is 2.97. The van der Waals surface area contributed by atoms with E-state index >= 15 is 0 Å².